The van der Waals surface area contributed by atoms with E-state index in [0.29, 0.717) is 51.4 Å². The standard InChI is InChI=1S/C12H24O3.C11H22O3.C10H20O3.C9H18O3.C8H16O3.C7H14O3.C6H12O3.C5H10O3.C4H8O3/c1-2-3-4-5-6-7-8-9-11(13)10-12(14)15;1-2-3-4-5-6-7-8-10(12)9-11(13)14;1-2-3-4-5-6-7-9(11)8-10(12)13;1-2-3-4-5-6-8(10)7-9(11)12;1-2-3-4-5-6-7(9)8(10)11;1-2-3-4-6(8)5-7(9)10;1-2-3-5(7)4-6(8)9;1-2-4(6)3-5(7)8;1-3(5)2-4(6)7/h11,13H,2-10H2,1H3,(H,14,15);10,12H,2-9H2,1H3,(H,13,14);9,11H,2-8H2,1H3,(H,12,13);8,10H,2-7H2,1H3,(H,11,12);7,9H,2-6H2,1H3,(H,10,11);6,8H,2-5H2,1H3,(H,9,10);5,7H,2-4H2,1H3,(H,8,9);4,6H,2-3H2,1H3,(H,7,8);3,5H,2H2,1H3,(H,6,7). The Morgan fingerprint density at radius 3 is 0.566 bits per heavy atom. The van der Waals surface area contributed by atoms with Crippen LogP contribution in [0.1, 0.15) is 351 Å². The van der Waals surface area contributed by atoms with Crippen LogP contribution in [0, 0.1) is 0 Å². The fraction of sp³-hybridized carbons (Fsp3) is 0.875. The van der Waals surface area contributed by atoms with Gasteiger partial charge < -0.3 is 91.9 Å². The Kier molecular flexibility index (Phi) is 101. The third-order valence-electron chi connectivity index (χ3n) is 14.0. The van der Waals surface area contributed by atoms with Gasteiger partial charge in [0.1, 0.15) is 0 Å². The van der Waals surface area contributed by atoms with Crippen LogP contribution >= 0.6 is 0 Å². The van der Waals surface area contributed by atoms with Gasteiger partial charge in [-0.15, -0.1) is 0 Å². The number of unbranched alkanes of at least 4 members (excludes halogenated alkanes) is 22. The average Bonchev–Trinajstić information content (AvgIpc) is 3.72. The Morgan fingerprint density at radius 1 is 0.212 bits per heavy atom. The van der Waals surface area contributed by atoms with Gasteiger partial charge in [-0.2, -0.15) is 0 Å². The molecule has 594 valence electrons. The molecule has 27 nitrogen and oxygen atoms in total. The molecule has 0 fully saturated rings. The summed E-state index contributed by atoms with van der Waals surface area (Å²) in [4.78, 5) is 90.3. The molecule has 18 N–H and O–H groups in total. The van der Waals surface area contributed by atoms with Crippen molar-refractivity contribution in [3.05, 3.63) is 0 Å². The number of rotatable bonds is 54. The summed E-state index contributed by atoms with van der Waals surface area (Å²) < 4.78 is 0. The van der Waals surface area contributed by atoms with Crippen LogP contribution in [0.5, 0.6) is 0 Å². The van der Waals surface area contributed by atoms with E-state index in [0.717, 1.165) is 103 Å². The van der Waals surface area contributed by atoms with E-state index in [1.165, 1.54) is 90.4 Å². The fourth-order valence-electron chi connectivity index (χ4n) is 8.37. The van der Waals surface area contributed by atoms with Crippen LogP contribution in [0.15, 0.2) is 0 Å². The molecule has 0 saturated carbocycles. The van der Waals surface area contributed by atoms with Crippen LogP contribution in [0.2, 0.25) is 0 Å². The van der Waals surface area contributed by atoms with E-state index in [9.17, 15) is 58.5 Å². The van der Waals surface area contributed by atoms with Gasteiger partial charge in [-0.25, -0.2) is 4.79 Å². The molecule has 0 radical (unpaired) electrons. The minimum atomic E-state index is -1.16. The Bertz CT molecular complexity index is 1800. The maximum atomic E-state index is 10.3. The maximum Gasteiger partial charge on any atom is 0.332 e. The molecular formula is C72H144O27. The average molecular weight is 1440 g/mol. The number of aliphatic carboxylic acids is 9. The first-order valence-electron chi connectivity index (χ1n) is 36.6. The van der Waals surface area contributed by atoms with Crippen LogP contribution in [0.4, 0.5) is 0 Å². The van der Waals surface area contributed by atoms with E-state index in [2.05, 4.69) is 34.6 Å². The molecule has 0 aliphatic carbocycles. The summed E-state index contributed by atoms with van der Waals surface area (Å²) in [5, 5.41) is 155. The molecule has 0 bridgehead atoms. The smallest absolute Gasteiger partial charge is 0.332 e. The predicted molar refractivity (Wildman–Crippen MR) is 382 cm³/mol. The van der Waals surface area contributed by atoms with Gasteiger partial charge in [0.2, 0.25) is 0 Å². The first kappa shape index (κ1) is 112. The SMILES string of the molecule is CC(O)CC(=O)O.CCC(O)CC(=O)O.CCCC(O)CC(=O)O.CCCCC(O)CC(=O)O.CCCCCCC(O)C(=O)O.CCCCCCC(O)CC(=O)O.CCCCCCCC(O)CC(=O)O.CCCCCCCCC(O)CC(=O)O.CCCCCCCCCC(O)CC(=O)O. The van der Waals surface area contributed by atoms with Crippen molar-refractivity contribution in [2.75, 3.05) is 0 Å². The number of hydrogen-bond acceptors (Lipinski definition) is 18. The summed E-state index contributed by atoms with van der Waals surface area (Å²) in [6.07, 6.45) is 29.3. The predicted octanol–water partition coefficient (Wildman–Crippen LogP) is 12.6. The zero-order valence-electron chi connectivity index (χ0n) is 62.2. The van der Waals surface area contributed by atoms with Gasteiger partial charge in [-0.1, -0.05) is 242 Å². The maximum absolute atomic E-state index is 10.3. The molecule has 9 atom stereocenters. The highest BCUT2D eigenvalue weighted by atomic mass is 16.4. The number of carboxylic acids is 9. The molecule has 0 aromatic rings. The Hall–Kier alpha value is -5.13. The summed E-state index contributed by atoms with van der Waals surface area (Å²) in [6.45, 7) is 17.8. The molecule has 9 unspecified atom stereocenters. The van der Waals surface area contributed by atoms with Gasteiger partial charge in [0.05, 0.1) is 100 Å². The van der Waals surface area contributed by atoms with E-state index in [1.54, 1.807) is 6.92 Å². The zero-order valence-corrected chi connectivity index (χ0v) is 62.2. The molecular weight excluding hydrogens is 1300 g/mol. The quantitative estimate of drug-likeness (QED) is 0.0252. The molecule has 0 aromatic heterocycles. The van der Waals surface area contributed by atoms with Crippen molar-refractivity contribution in [2.24, 2.45) is 0 Å². The lowest BCUT2D eigenvalue weighted by Gasteiger charge is -2.06. The number of carboxylic acid groups (broad SMARTS) is 9. The number of hydrogen-bond donors (Lipinski definition) is 18. The summed E-state index contributed by atoms with van der Waals surface area (Å²) in [6, 6.07) is 0. The topological polar surface area (TPSA) is 518 Å². The highest BCUT2D eigenvalue weighted by molar-refractivity contribution is 5.72. The first-order chi connectivity index (χ1) is 46.5. The largest absolute Gasteiger partial charge is 0.481 e. The van der Waals surface area contributed by atoms with E-state index < -0.39 is 109 Å². The third-order valence-corrected chi connectivity index (χ3v) is 14.0. The van der Waals surface area contributed by atoms with Crippen LogP contribution in [0.3, 0.4) is 0 Å². The highest BCUT2D eigenvalue weighted by Gasteiger charge is 2.14. The normalized spacial score (nSPS) is 12.9. The van der Waals surface area contributed by atoms with Gasteiger partial charge in [0.15, 0.2) is 6.10 Å². The second-order valence-corrected chi connectivity index (χ2v) is 24.8. The Balaban J connectivity index is -0.000000133. The number of carbonyl (C=O) groups is 9. The van der Waals surface area contributed by atoms with Gasteiger partial charge in [-0.05, 0) is 58.3 Å². The molecule has 0 rings (SSSR count). The molecule has 0 aromatic carbocycles. The summed E-state index contributed by atoms with van der Waals surface area (Å²) in [5.74, 6) is -8.54. The van der Waals surface area contributed by atoms with Crippen LogP contribution in [0.25, 0.3) is 0 Å². The molecule has 0 heterocycles. The van der Waals surface area contributed by atoms with Crippen molar-refractivity contribution in [1.82, 2.24) is 0 Å². The minimum Gasteiger partial charge on any atom is -0.481 e. The van der Waals surface area contributed by atoms with E-state index >= 15 is 0 Å². The van der Waals surface area contributed by atoms with Crippen LogP contribution in [-0.4, -0.2) is 201 Å². The van der Waals surface area contributed by atoms with E-state index in [1.807, 2.05) is 13.8 Å². The fourth-order valence-corrected chi connectivity index (χ4v) is 8.37. The second kappa shape index (κ2) is 89.0. The van der Waals surface area contributed by atoms with Crippen molar-refractivity contribution >= 4 is 53.7 Å². The van der Waals surface area contributed by atoms with Gasteiger partial charge >= 0.3 is 53.7 Å². The second-order valence-electron chi connectivity index (χ2n) is 24.8. The lowest BCUT2D eigenvalue weighted by molar-refractivity contribution is -0.147. The van der Waals surface area contributed by atoms with Crippen molar-refractivity contribution in [2.45, 2.75) is 406 Å². The van der Waals surface area contributed by atoms with E-state index in [4.69, 9.17) is 76.6 Å². The Labute approximate surface area is 592 Å². The highest BCUT2D eigenvalue weighted by Crippen LogP contribution is 2.14. The number of aliphatic hydroxyl groups excluding tert-OH is 9. The number of aliphatic hydroxyl groups is 9. The zero-order chi connectivity index (χ0) is 78.2. The summed E-state index contributed by atoms with van der Waals surface area (Å²) in [7, 11) is 0. The lowest BCUT2D eigenvalue weighted by Crippen LogP contribution is -2.18. The molecule has 27 heteroatoms. The molecule has 99 heavy (non-hydrogen) atoms. The lowest BCUT2D eigenvalue weighted by atomic mass is 10.1. The van der Waals surface area contributed by atoms with Crippen molar-refractivity contribution < 1.29 is 135 Å². The monoisotopic (exact) mass is 1440 g/mol. The molecule has 0 aliphatic rings. The van der Waals surface area contributed by atoms with Gasteiger partial charge in [0.25, 0.3) is 0 Å². The first-order valence-corrected chi connectivity index (χ1v) is 36.6. The van der Waals surface area contributed by atoms with Crippen LogP contribution < -0.4 is 0 Å². The minimum absolute atomic E-state index is 0.115. The summed E-state index contributed by atoms with van der Waals surface area (Å²) >= 11 is 0. The molecule has 0 aliphatic heterocycles. The third kappa shape index (κ3) is 133. The van der Waals surface area contributed by atoms with Gasteiger partial charge in [0, 0.05) is 0 Å². The van der Waals surface area contributed by atoms with Crippen LogP contribution in [-0.2, 0) is 43.2 Å². The van der Waals surface area contributed by atoms with Crippen molar-refractivity contribution in [1.29, 1.82) is 0 Å². The van der Waals surface area contributed by atoms with Gasteiger partial charge in [-0.3, -0.25) is 38.4 Å². The molecule has 0 spiro atoms. The molecule has 0 saturated heterocycles. The van der Waals surface area contributed by atoms with Crippen molar-refractivity contribution in [3.63, 3.8) is 0 Å². The van der Waals surface area contributed by atoms with E-state index in [-0.39, 0.29) is 51.4 Å². The summed E-state index contributed by atoms with van der Waals surface area (Å²) in [5.41, 5.74) is 0. The molecule has 0 amide bonds. The van der Waals surface area contributed by atoms with Crippen molar-refractivity contribution in [3.8, 4) is 0 Å². The Morgan fingerprint density at radius 2 is 0.394 bits per heavy atom.